The van der Waals surface area contributed by atoms with E-state index in [4.69, 9.17) is 0 Å². The lowest BCUT2D eigenvalue weighted by Gasteiger charge is -2.16. The van der Waals surface area contributed by atoms with E-state index in [1.54, 1.807) is 30.5 Å². The second-order valence-corrected chi connectivity index (χ2v) is 7.51. The van der Waals surface area contributed by atoms with E-state index in [2.05, 4.69) is 17.6 Å². The number of nitrogens with one attached hydrogen (secondary N) is 2. The van der Waals surface area contributed by atoms with Crippen LogP contribution in [0, 0.1) is 5.92 Å². The lowest BCUT2D eigenvalue weighted by Crippen LogP contribution is -2.22. The molecule has 1 aliphatic carbocycles. The Kier molecular flexibility index (Phi) is 5.00. The molecule has 24 heavy (non-hydrogen) atoms. The number of carbonyl (C=O) groups excluding carboxylic acids is 2. The molecule has 0 fully saturated rings. The van der Waals surface area contributed by atoms with Crippen LogP contribution in [-0.2, 0) is 19.4 Å². The SMILES string of the molecule is CNC(=O)c1cccc(CNC(=O)c2cc3c(s2)CCC(C)C3)c1. The van der Waals surface area contributed by atoms with E-state index in [9.17, 15) is 9.59 Å². The summed E-state index contributed by atoms with van der Waals surface area (Å²) in [5.74, 6) is 0.547. The summed E-state index contributed by atoms with van der Waals surface area (Å²) < 4.78 is 0. The molecule has 0 saturated carbocycles. The number of hydrogen-bond donors (Lipinski definition) is 2. The molecule has 1 unspecified atom stereocenters. The van der Waals surface area contributed by atoms with Gasteiger partial charge >= 0.3 is 0 Å². The Balaban J connectivity index is 1.65. The third-order valence-electron chi connectivity index (χ3n) is 4.42. The fraction of sp³-hybridized carbons (Fsp3) is 0.368. The summed E-state index contributed by atoms with van der Waals surface area (Å²) >= 11 is 1.62. The van der Waals surface area contributed by atoms with Gasteiger partial charge in [0.05, 0.1) is 4.88 Å². The van der Waals surface area contributed by atoms with Crippen LogP contribution in [0.15, 0.2) is 30.3 Å². The van der Waals surface area contributed by atoms with Crippen molar-refractivity contribution in [2.75, 3.05) is 7.05 Å². The van der Waals surface area contributed by atoms with Crippen LogP contribution in [0.3, 0.4) is 0 Å². The minimum Gasteiger partial charge on any atom is -0.355 e. The number of rotatable bonds is 4. The first-order valence-corrected chi connectivity index (χ1v) is 9.09. The van der Waals surface area contributed by atoms with Gasteiger partial charge in [0, 0.05) is 24.0 Å². The van der Waals surface area contributed by atoms with Crippen LogP contribution >= 0.6 is 11.3 Å². The first-order chi connectivity index (χ1) is 11.6. The molecular formula is C19H22N2O2S. The topological polar surface area (TPSA) is 58.2 Å². The molecule has 4 nitrogen and oxygen atoms in total. The summed E-state index contributed by atoms with van der Waals surface area (Å²) in [6, 6.07) is 9.36. The summed E-state index contributed by atoms with van der Waals surface area (Å²) in [5.41, 5.74) is 2.86. The van der Waals surface area contributed by atoms with Gasteiger partial charge in [0.15, 0.2) is 0 Å². The Hall–Kier alpha value is -2.14. The minimum atomic E-state index is -0.122. The van der Waals surface area contributed by atoms with E-state index in [1.165, 1.54) is 16.9 Å². The van der Waals surface area contributed by atoms with E-state index in [0.717, 1.165) is 23.3 Å². The van der Waals surface area contributed by atoms with Crippen LogP contribution in [0.5, 0.6) is 0 Å². The summed E-state index contributed by atoms with van der Waals surface area (Å²) in [7, 11) is 1.61. The number of amides is 2. The molecule has 1 aromatic carbocycles. The molecule has 0 spiro atoms. The van der Waals surface area contributed by atoms with Crippen molar-refractivity contribution in [2.24, 2.45) is 5.92 Å². The van der Waals surface area contributed by atoms with Gasteiger partial charge in [-0.2, -0.15) is 0 Å². The van der Waals surface area contributed by atoms with Crippen molar-refractivity contribution >= 4 is 23.2 Å². The zero-order chi connectivity index (χ0) is 17.1. The Morgan fingerprint density at radius 1 is 1.25 bits per heavy atom. The molecule has 1 atom stereocenters. The average Bonchev–Trinajstić information content (AvgIpc) is 3.02. The van der Waals surface area contributed by atoms with E-state index in [-0.39, 0.29) is 11.8 Å². The van der Waals surface area contributed by atoms with Crippen LogP contribution in [0.2, 0.25) is 0 Å². The van der Waals surface area contributed by atoms with Gasteiger partial charge in [-0.3, -0.25) is 9.59 Å². The molecule has 126 valence electrons. The molecule has 0 radical (unpaired) electrons. The number of carbonyl (C=O) groups is 2. The fourth-order valence-electron chi connectivity index (χ4n) is 3.05. The maximum absolute atomic E-state index is 12.4. The Bertz CT molecular complexity index is 766. The third kappa shape index (κ3) is 3.67. The highest BCUT2D eigenvalue weighted by atomic mass is 32.1. The van der Waals surface area contributed by atoms with Gasteiger partial charge < -0.3 is 10.6 Å². The van der Waals surface area contributed by atoms with Gasteiger partial charge in [0.2, 0.25) is 0 Å². The third-order valence-corrected chi connectivity index (χ3v) is 5.66. The molecule has 5 heteroatoms. The average molecular weight is 342 g/mol. The number of hydrogen-bond acceptors (Lipinski definition) is 3. The summed E-state index contributed by atoms with van der Waals surface area (Å²) in [5, 5.41) is 5.57. The molecule has 0 saturated heterocycles. The molecule has 1 aliphatic rings. The van der Waals surface area contributed by atoms with E-state index in [1.807, 2.05) is 18.2 Å². The standard InChI is InChI=1S/C19H22N2O2S/c1-12-6-7-16-15(8-12)10-17(24-16)19(23)21-11-13-4-3-5-14(9-13)18(22)20-2/h3-5,9-10,12H,6-8,11H2,1-2H3,(H,20,22)(H,21,23). The molecule has 0 bridgehead atoms. The van der Waals surface area contributed by atoms with E-state index >= 15 is 0 Å². The molecule has 2 aromatic rings. The molecular weight excluding hydrogens is 320 g/mol. The highest BCUT2D eigenvalue weighted by Crippen LogP contribution is 2.32. The minimum absolute atomic E-state index is 0.0348. The fourth-order valence-corrected chi connectivity index (χ4v) is 4.18. The molecule has 1 heterocycles. The van der Waals surface area contributed by atoms with Crippen LogP contribution in [0.1, 0.15) is 49.4 Å². The maximum atomic E-state index is 12.4. The zero-order valence-corrected chi connectivity index (χ0v) is 14.8. The van der Waals surface area contributed by atoms with E-state index in [0.29, 0.717) is 18.0 Å². The van der Waals surface area contributed by atoms with Gasteiger partial charge in [-0.15, -0.1) is 11.3 Å². The first kappa shape index (κ1) is 16.7. The highest BCUT2D eigenvalue weighted by molar-refractivity contribution is 7.14. The first-order valence-electron chi connectivity index (χ1n) is 8.27. The van der Waals surface area contributed by atoms with Crippen LogP contribution in [-0.4, -0.2) is 18.9 Å². The predicted octanol–water partition coefficient (Wildman–Crippen LogP) is 3.16. The van der Waals surface area contributed by atoms with Gasteiger partial charge in [-0.05, 0) is 54.5 Å². The monoisotopic (exact) mass is 342 g/mol. The predicted molar refractivity (Wildman–Crippen MR) is 96.5 cm³/mol. The number of thiophene rings is 1. The summed E-state index contributed by atoms with van der Waals surface area (Å²) in [4.78, 5) is 26.2. The second kappa shape index (κ2) is 7.18. The van der Waals surface area contributed by atoms with Gasteiger partial charge in [-0.25, -0.2) is 0 Å². The second-order valence-electron chi connectivity index (χ2n) is 6.37. The molecule has 2 N–H and O–H groups in total. The molecule has 1 aromatic heterocycles. The zero-order valence-electron chi connectivity index (χ0n) is 14.0. The van der Waals surface area contributed by atoms with Crippen molar-refractivity contribution in [1.82, 2.24) is 10.6 Å². The van der Waals surface area contributed by atoms with Gasteiger partial charge in [-0.1, -0.05) is 19.1 Å². The van der Waals surface area contributed by atoms with Crippen LogP contribution < -0.4 is 10.6 Å². The lowest BCUT2D eigenvalue weighted by atomic mass is 9.90. The van der Waals surface area contributed by atoms with Crippen molar-refractivity contribution in [2.45, 2.75) is 32.7 Å². The van der Waals surface area contributed by atoms with Crippen molar-refractivity contribution in [3.63, 3.8) is 0 Å². The summed E-state index contributed by atoms with van der Waals surface area (Å²) in [6.07, 6.45) is 3.37. The molecule has 0 aliphatic heterocycles. The van der Waals surface area contributed by atoms with Crippen molar-refractivity contribution in [3.8, 4) is 0 Å². The number of benzene rings is 1. The van der Waals surface area contributed by atoms with Gasteiger partial charge in [0.1, 0.15) is 0 Å². The lowest BCUT2D eigenvalue weighted by molar-refractivity contribution is 0.0952. The van der Waals surface area contributed by atoms with Crippen LogP contribution in [0.4, 0.5) is 0 Å². The Morgan fingerprint density at radius 3 is 2.88 bits per heavy atom. The van der Waals surface area contributed by atoms with E-state index < -0.39 is 0 Å². The quantitative estimate of drug-likeness (QED) is 0.897. The number of aryl methyl sites for hydroxylation is 1. The molecule has 2 amide bonds. The normalized spacial score (nSPS) is 16.3. The molecule has 3 rings (SSSR count). The Labute approximate surface area is 146 Å². The smallest absolute Gasteiger partial charge is 0.261 e. The van der Waals surface area contributed by atoms with Gasteiger partial charge in [0.25, 0.3) is 11.8 Å². The van der Waals surface area contributed by atoms with Crippen molar-refractivity contribution in [1.29, 1.82) is 0 Å². The highest BCUT2D eigenvalue weighted by Gasteiger charge is 2.20. The largest absolute Gasteiger partial charge is 0.355 e. The summed E-state index contributed by atoms with van der Waals surface area (Å²) in [6.45, 7) is 2.68. The van der Waals surface area contributed by atoms with Crippen molar-refractivity contribution < 1.29 is 9.59 Å². The number of fused-ring (bicyclic) bond motifs is 1. The Morgan fingerprint density at radius 2 is 2.08 bits per heavy atom. The van der Waals surface area contributed by atoms with Crippen molar-refractivity contribution in [3.05, 3.63) is 56.8 Å². The van der Waals surface area contributed by atoms with Crippen LogP contribution in [0.25, 0.3) is 0 Å². The maximum Gasteiger partial charge on any atom is 0.261 e.